The minimum atomic E-state index is 0.534. The van der Waals surface area contributed by atoms with Gasteiger partial charge in [0.1, 0.15) is 0 Å². The molecule has 2 rings (SSSR count). The zero-order chi connectivity index (χ0) is 13.0. The highest BCUT2D eigenvalue weighted by Gasteiger charge is 2.26. The molecule has 1 N–H and O–H groups in total. The first-order chi connectivity index (χ1) is 8.59. The van der Waals surface area contributed by atoms with Gasteiger partial charge in [0.15, 0.2) is 0 Å². The van der Waals surface area contributed by atoms with Crippen molar-refractivity contribution in [1.29, 1.82) is 5.26 Å². The standard InChI is InChI=1S/C16H22N2/c1-16(2)9-7-15(8-10-16)18-12-14-5-3-13(11-17)4-6-14/h3-6,15,18H,7-10,12H2,1-2H3. The number of nitriles is 1. The van der Waals surface area contributed by atoms with Gasteiger partial charge in [-0.2, -0.15) is 5.26 Å². The third-order valence-electron chi connectivity index (χ3n) is 4.02. The Labute approximate surface area is 110 Å². The van der Waals surface area contributed by atoms with Gasteiger partial charge in [0.05, 0.1) is 11.6 Å². The van der Waals surface area contributed by atoms with Gasteiger partial charge in [0.25, 0.3) is 0 Å². The molecule has 1 aliphatic carbocycles. The van der Waals surface area contributed by atoms with E-state index < -0.39 is 0 Å². The highest BCUT2D eigenvalue weighted by molar-refractivity contribution is 5.31. The molecule has 0 spiro atoms. The number of nitrogens with zero attached hydrogens (tertiary/aromatic N) is 1. The summed E-state index contributed by atoms with van der Waals surface area (Å²) in [6.45, 7) is 5.64. The van der Waals surface area contributed by atoms with Gasteiger partial charge in [-0.1, -0.05) is 26.0 Å². The molecular formula is C16H22N2. The smallest absolute Gasteiger partial charge is 0.0991 e. The Kier molecular flexibility index (Phi) is 4.04. The molecule has 18 heavy (non-hydrogen) atoms. The van der Waals surface area contributed by atoms with Gasteiger partial charge < -0.3 is 5.32 Å². The van der Waals surface area contributed by atoms with Gasteiger partial charge in [-0.25, -0.2) is 0 Å². The molecule has 0 bridgehead atoms. The van der Waals surface area contributed by atoms with E-state index in [1.54, 1.807) is 0 Å². The van der Waals surface area contributed by atoms with Crippen LogP contribution in [0.1, 0.15) is 50.7 Å². The Morgan fingerprint density at radius 2 is 1.83 bits per heavy atom. The van der Waals surface area contributed by atoms with Crippen LogP contribution >= 0.6 is 0 Å². The zero-order valence-corrected chi connectivity index (χ0v) is 11.4. The summed E-state index contributed by atoms with van der Waals surface area (Å²) in [5.41, 5.74) is 2.53. The second-order valence-corrected chi connectivity index (χ2v) is 6.13. The van der Waals surface area contributed by atoms with Crippen LogP contribution in [0.3, 0.4) is 0 Å². The molecule has 1 aromatic rings. The number of benzene rings is 1. The van der Waals surface area contributed by atoms with Gasteiger partial charge in [0, 0.05) is 12.6 Å². The molecule has 0 unspecified atom stereocenters. The Hall–Kier alpha value is -1.33. The maximum atomic E-state index is 8.75. The molecule has 1 aromatic carbocycles. The molecule has 2 nitrogen and oxygen atoms in total. The summed E-state index contributed by atoms with van der Waals surface area (Å²) in [6, 6.07) is 10.7. The lowest BCUT2D eigenvalue weighted by Gasteiger charge is -2.34. The predicted octanol–water partition coefficient (Wildman–Crippen LogP) is 3.62. The molecular weight excluding hydrogens is 220 g/mol. The Bertz CT molecular complexity index is 415. The normalized spacial score (nSPS) is 19.4. The average Bonchev–Trinajstić information content (AvgIpc) is 2.38. The second-order valence-electron chi connectivity index (χ2n) is 6.13. The summed E-state index contributed by atoms with van der Waals surface area (Å²) < 4.78 is 0. The lowest BCUT2D eigenvalue weighted by atomic mass is 9.75. The topological polar surface area (TPSA) is 35.8 Å². The number of nitrogens with one attached hydrogen (secondary N) is 1. The molecule has 0 amide bonds. The van der Waals surface area contributed by atoms with Gasteiger partial charge >= 0.3 is 0 Å². The van der Waals surface area contributed by atoms with Crippen molar-refractivity contribution in [1.82, 2.24) is 5.32 Å². The van der Waals surface area contributed by atoms with Crippen LogP contribution < -0.4 is 5.32 Å². The summed E-state index contributed by atoms with van der Waals surface area (Å²) in [7, 11) is 0. The van der Waals surface area contributed by atoms with Crippen molar-refractivity contribution in [2.75, 3.05) is 0 Å². The van der Waals surface area contributed by atoms with E-state index in [2.05, 4.69) is 25.2 Å². The van der Waals surface area contributed by atoms with E-state index in [9.17, 15) is 0 Å². The van der Waals surface area contributed by atoms with E-state index in [0.29, 0.717) is 11.5 Å². The molecule has 0 saturated heterocycles. The quantitative estimate of drug-likeness (QED) is 0.878. The Balaban J connectivity index is 1.80. The molecule has 0 aliphatic heterocycles. The largest absolute Gasteiger partial charge is 0.310 e. The fraction of sp³-hybridized carbons (Fsp3) is 0.562. The van der Waals surface area contributed by atoms with Gasteiger partial charge in [-0.15, -0.1) is 0 Å². The lowest BCUT2D eigenvalue weighted by Crippen LogP contribution is -2.35. The molecule has 1 fully saturated rings. The van der Waals surface area contributed by atoms with Crippen molar-refractivity contribution < 1.29 is 0 Å². The van der Waals surface area contributed by atoms with Crippen molar-refractivity contribution in [3.63, 3.8) is 0 Å². The van der Waals surface area contributed by atoms with Crippen molar-refractivity contribution in [3.8, 4) is 6.07 Å². The maximum absolute atomic E-state index is 8.75. The Morgan fingerprint density at radius 1 is 1.22 bits per heavy atom. The van der Waals surface area contributed by atoms with Crippen LogP contribution in [0.2, 0.25) is 0 Å². The molecule has 1 aliphatic rings. The van der Waals surface area contributed by atoms with Crippen molar-refractivity contribution >= 4 is 0 Å². The van der Waals surface area contributed by atoms with Crippen molar-refractivity contribution in [2.45, 2.75) is 52.1 Å². The number of rotatable bonds is 3. The second kappa shape index (κ2) is 5.54. The summed E-state index contributed by atoms with van der Waals surface area (Å²) in [5.74, 6) is 0. The summed E-state index contributed by atoms with van der Waals surface area (Å²) in [6.07, 6.45) is 5.20. The maximum Gasteiger partial charge on any atom is 0.0991 e. The van der Waals surface area contributed by atoms with E-state index in [0.717, 1.165) is 12.1 Å². The van der Waals surface area contributed by atoms with E-state index in [1.165, 1.54) is 31.2 Å². The molecule has 0 heterocycles. The molecule has 2 heteroatoms. The van der Waals surface area contributed by atoms with E-state index in [-0.39, 0.29) is 0 Å². The summed E-state index contributed by atoms with van der Waals surface area (Å²) in [5, 5.41) is 12.4. The van der Waals surface area contributed by atoms with Crippen molar-refractivity contribution in [2.24, 2.45) is 5.41 Å². The van der Waals surface area contributed by atoms with E-state index >= 15 is 0 Å². The highest BCUT2D eigenvalue weighted by atomic mass is 14.9. The van der Waals surface area contributed by atoms with Crippen LogP contribution in [0.15, 0.2) is 24.3 Å². The first-order valence-corrected chi connectivity index (χ1v) is 6.81. The van der Waals surface area contributed by atoms with Crippen LogP contribution in [0.4, 0.5) is 0 Å². The highest BCUT2D eigenvalue weighted by Crippen LogP contribution is 2.35. The van der Waals surface area contributed by atoms with Gasteiger partial charge in [0.2, 0.25) is 0 Å². The van der Waals surface area contributed by atoms with Crippen LogP contribution in [0, 0.1) is 16.7 Å². The minimum Gasteiger partial charge on any atom is -0.310 e. The predicted molar refractivity (Wildman–Crippen MR) is 74.0 cm³/mol. The van der Waals surface area contributed by atoms with E-state index in [4.69, 9.17) is 5.26 Å². The minimum absolute atomic E-state index is 0.534. The number of hydrogen-bond donors (Lipinski definition) is 1. The molecule has 0 atom stereocenters. The van der Waals surface area contributed by atoms with Crippen LogP contribution in [0.5, 0.6) is 0 Å². The third kappa shape index (κ3) is 3.58. The lowest BCUT2D eigenvalue weighted by molar-refractivity contribution is 0.206. The average molecular weight is 242 g/mol. The van der Waals surface area contributed by atoms with Crippen LogP contribution in [-0.2, 0) is 6.54 Å². The van der Waals surface area contributed by atoms with Gasteiger partial charge in [-0.05, 0) is 48.8 Å². The fourth-order valence-corrected chi connectivity index (χ4v) is 2.56. The third-order valence-corrected chi connectivity index (χ3v) is 4.02. The summed E-state index contributed by atoms with van der Waals surface area (Å²) in [4.78, 5) is 0. The first-order valence-electron chi connectivity index (χ1n) is 6.81. The number of hydrogen-bond acceptors (Lipinski definition) is 2. The Morgan fingerprint density at radius 3 is 2.39 bits per heavy atom. The molecule has 0 radical (unpaired) electrons. The van der Waals surface area contributed by atoms with E-state index in [1.807, 2.05) is 24.3 Å². The molecule has 0 aromatic heterocycles. The SMILES string of the molecule is CC1(C)CCC(NCc2ccc(C#N)cc2)CC1. The molecule has 96 valence electrons. The van der Waals surface area contributed by atoms with Crippen molar-refractivity contribution in [3.05, 3.63) is 35.4 Å². The first kappa shape index (κ1) is 13.1. The molecule has 1 saturated carbocycles. The van der Waals surface area contributed by atoms with Gasteiger partial charge in [-0.3, -0.25) is 0 Å². The fourth-order valence-electron chi connectivity index (χ4n) is 2.56. The summed E-state index contributed by atoms with van der Waals surface area (Å²) >= 11 is 0. The van der Waals surface area contributed by atoms with Crippen LogP contribution in [-0.4, -0.2) is 6.04 Å². The van der Waals surface area contributed by atoms with Crippen LogP contribution in [0.25, 0.3) is 0 Å². The zero-order valence-electron chi connectivity index (χ0n) is 11.4. The monoisotopic (exact) mass is 242 g/mol.